The highest BCUT2D eigenvalue weighted by Crippen LogP contribution is 2.36. The Labute approximate surface area is 162 Å². The highest BCUT2D eigenvalue weighted by molar-refractivity contribution is 6.74. The number of rotatable bonds is 6. The van der Waals surface area contributed by atoms with Crippen molar-refractivity contribution in [3.05, 3.63) is 60.0 Å². The third kappa shape index (κ3) is 4.50. The van der Waals surface area contributed by atoms with Gasteiger partial charge in [0.15, 0.2) is 8.32 Å². The van der Waals surface area contributed by atoms with Gasteiger partial charge in [-0.05, 0) is 72.4 Å². The van der Waals surface area contributed by atoms with Crippen molar-refractivity contribution >= 4 is 19.2 Å². The quantitative estimate of drug-likeness (QED) is 0.371. The second kappa shape index (κ2) is 7.61. The molecule has 3 aromatic rings. The minimum Gasteiger partial charge on any atom is -0.417 e. The highest BCUT2D eigenvalue weighted by atomic mass is 28.4. The molecular formula is C23H29FNOSi. The lowest BCUT2D eigenvalue weighted by Gasteiger charge is -2.36. The summed E-state index contributed by atoms with van der Waals surface area (Å²) in [6, 6.07) is 14.2. The monoisotopic (exact) mass is 382 g/mol. The molecule has 0 bridgehead atoms. The van der Waals surface area contributed by atoms with Crippen LogP contribution < -0.4 is 0 Å². The molecule has 0 unspecified atom stereocenters. The van der Waals surface area contributed by atoms with Crippen molar-refractivity contribution in [3.63, 3.8) is 0 Å². The molecule has 1 aromatic heterocycles. The molecule has 0 saturated carbocycles. The molecule has 3 rings (SSSR count). The van der Waals surface area contributed by atoms with Gasteiger partial charge in [-0.3, -0.25) is 0 Å². The molecule has 0 amide bonds. The summed E-state index contributed by atoms with van der Waals surface area (Å²) in [5.74, 6) is -0.263. The Kier molecular flexibility index (Phi) is 5.59. The molecule has 143 valence electrons. The minimum absolute atomic E-state index is 0.248. The fourth-order valence-corrected chi connectivity index (χ4v) is 4.03. The van der Waals surface area contributed by atoms with Crippen LogP contribution in [0.25, 0.3) is 22.0 Å². The van der Waals surface area contributed by atoms with Gasteiger partial charge >= 0.3 is 0 Å². The van der Waals surface area contributed by atoms with E-state index in [2.05, 4.69) is 63.1 Å². The van der Waals surface area contributed by atoms with E-state index in [0.29, 0.717) is 0 Å². The third-order valence-electron chi connectivity index (χ3n) is 5.69. The van der Waals surface area contributed by atoms with Crippen LogP contribution in [0.4, 0.5) is 4.39 Å². The van der Waals surface area contributed by atoms with Crippen LogP contribution in [0.3, 0.4) is 0 Å². The first kappa shape index (κ1) is 19.8. The SMILES string of the molecule is CC(C)(C)[Si](C)(C)OCCCc1ccc2[nH]cc(-c3[c]cc(F)cc3)c2c1. The fourth-order valence-electron chi connectivity index (χ4n) is 2.94. The van der Waals surface area contributed by atoms with Gasteiger partial charge in [-0.25, -0.2) is 4.39 Å². The van der Waals surface area contributed by atoms with Gasteiger partial charge in [0.05, 0.1) is 0 Å². The van der Waals surface area contributed by atoms with E-state index >= 15 is 0 Å². The number of hydrogen-bond acceptors (Lipinski definition) is 1. The van der Waals surface area contributed by atoms with E-state index in [1.807, 2.05) is 6.20 Å². The zero-order valence-corrected chi connectivity index (χ0v) is 17.9. The van der Waals surface area contributed by atoms with E-state index in [1.54, 1.807) is 6.07 Å². The van der Waals surface area contributed by atoms with Crippen LogP contribution in [0.5, 0.6) is 0 Å². The number of aryl methyl sites for hydroxylation is 1. The zero-order valence-electron chi connectivity index (χ0n) is 16.9. The van der Waals surface area contributed by atoms with Gasteiger partial charge in [0.25, 0.3) is 0 Å². The van der Waals surface area contributed by atoms with Gasteiger partial charge in [0.2, 0.25) is 0 Å². The van der Waals surface area contributed by atoms with E-state index in [0.717, 1.165) is 41.5 Å². The first-order valence-electron chi connectivity index (χ1n) is 9.59. The van der Waals surface area contributed by atoms with E-state index in [1.165, 1.54) is 17.7 Å². The van der Waals surface area contributed by atoms with E-state index in [-0.39, 0.29) is 10.9 Å². The first-order chi connectivity index (χ1) is 12.7. The van der Waals surface area contributed by atoms with Gasteiger partial charge in [0.1, 0.15) is 5.82 Å². The summed E-state index contributed by atoms with van der Waals surface area (Å²) in [4.78, 5) is 3.30. The number of nitrogens with one attached hydrogen (secondary N) is 1. The molecule has 1 heterocycles. The van der Waals surface area contributed by atoms with Crippen LogP contribution in [-0.4, -0.2) is 19.9 Å². The topological polar surface area (TPSA) is 25.0 Å². The second-order valence-corrected chi connectivity index (χ2v) is 13.5. The summed E-state index contributed by atoms with van der Waals surface area (Å²) in [6.07, 6.45) is 3.97. The van der Waals surface area contributed by atoms with Gasteiger partial charge < -0.3 is 9.41 Å². The molecule has 1 N–H and O–H groups in total. The molecule has 27 heavy (non-hydrogen) atoms. The second-order valence-electron chi connectivity index (χ2n) is 8.72. The first-order valence-corrected chi connectivity index (χ1v) is 12.5. The number of benzene rings is 2. The number of H-pyrrole nitrogens is 1. The van der Waals surface area contributed by atoms with Crippen molar-refractivity contribution in [1.29, 1.82) is 0 Å². The van der Waals surface area contributed by atoms with Crippen molar-refractivity contribution in [2.24, 2.45) is 0 Å². The van der Waals surface area contributed by atoms with Crippen LogP contribution in [0, 0.1) is 11.9 Å². The summed E-state index contributed by atoms with van der Waals surface area (Å²) < 4.78 is 19.5. The Morgan fingerprint density at radius 3 is 2.59 bits per heavy atom. The molecule has 0 aliphatic carbocycles. The summed E-state index contributed by atoms with van der Waals surface area (Å²) >= 11 is 0. The molecule has 1 radical (unpaired) electrons. The van der Waals surface area contributed by atoms with Gasteiger partial charge in [-0.2, -0.15) is 0 Å². The van der Waals surface area contributed by atoms with Crippen LogP contribution in [0.1, 0.15) is 32.8 Å². The maximum absolute atomic E-state index is 13.2. The van der Waals surface area contributed by atoms with Crippen LogP contribution >= 0.6 is 0 Å². The third-order valence-corrected chi connectivity index (χ3v) is 10.2. The van der Waals surface area contributed by atoms with E-state index < -0.39 is 8.32 Å². The molecule has 2 nitrogen and oxygen atoms in total. The van der Waals surface area contributed by atoms with Crippen LogP contribution in [-0.2, 0) is 10.8 Å². The highest BCUT2D eigenvalue weighted by Gasteiger charge is 2.36. The Bertz CT molecular complexity index is 906. The van der Waals surface area contributed by atoms with E-state index in [9.17, 15) is 4.39 Å². The minimum atomic E-state index is -1.67. The molecule has 2 aromatic carbocycles. The van der Waals surface area contributed by atoms with Crippen molar-refractivity contribution in [2.45, 2.75) is 51.7 Å². The standard InChI is InChI=1S/C23H29FNOSi/c1-23(2,3)27(4,5)26-14-6-7-17-8-13-22-20(15-17)21(16-25-22)18-9-11-19(24)12-10-18/h8-9,11-13,15-16,25H,6-7,14H2,1-5H3. The Morgan fingerprint density at radius 1 is 1.15 bits per heavy atom. The maximum Gasteiger partial charge on any atom is 0.191 e. The summed E-state index contributed by atoms with van der Waals surface area (Å²) in [7, 11) is -1.67. The van der Waals surface area contributed by atoms with Gasteiger partial charge in [0, 0.05) is 29.3 Å². The summed E-state index contributed by atoms with van der Waals surface area (Å²) in [5, 5.41) is 1.40. The average molecular weight is 383 g/mol. The molecule has 0 saturated heterocycles. The molecule has 0 spiro atoms. The van der Waals surface area contributed by atoms with Gasteiger partial charge in [-0.15, -0.1) is 0 Å². The molecule has 0 fully saturated rings. The molecule has 4 heteroatoms. The number of halogens is 1. The molecular weight excluding hydrogens is 353 g/mol. The van der Waals surface area contributed by atoms with Crippen molar-refractivity contribution in [3.8, 4) is 11.1 Å². The number of fused-ring (bicyclic) bond motifs is 1. The maximum atomic E-state index is 13.2. The number of aromatic amines is 1. The number of aromatic nitrogens is 1. The number of hydrogen-bond donors (Lipinski definition) is 1. The summed E-state index contributed by atoms with van der Waals surface area (Å²) in [6.45, 7) is 12.2. The predicted octanol–water partition coefficient (Wildman–Crippen LogP) is 6.73. The zero-order chi connectivity index (χ0) is 19.7. The Hall–Kier alpha value is -1.91. The van der Waals surface area contributed by atoms with Gasteiger partial charge in [-0.1, -0.05) is 32.9 Å². The van der Waals surface area contributed by atoms with Crippen LogP contribution in [0.15, 0.2) is 42.6 Å². The normalized spacial score (nSPS) is 12.7. The Morgan fingerprint density at radius 2 is 1.93 bits per heavy atom. The lowest BCUT2D eigenvalue weighted by atomic mass is 10.0. The molecule has 0 aliphatic rings. The molecule has 0 aliphatic heterocycles. The smallest absolute Gasteiger partial charge is 0.191 e. The summed E-state index contributed by atoms with van der Waals surface area (Å²) in [5.41, 5.74) is 4.35. The Balaban J connectivity index is 1.70. The van der Waals surface area contributed by atoms with Crippen molar-refractivity contribution in [2.75, 3.05) is 6.61 Å². The fraction of sp³-hybridized carbons (Fsp3) is 0.391. The van der Waals surface area contributed by atoms with Crippen LogP contribution in [0.2, 0.25) is 18.1 Å². The molecule has 0 atom stereocenters. The van der Waals surface area contributed by atoms with Crippen molar-refractivity contribution in [1.82, 2.24) is 4.98 Å². The van der Waals surface area contributed by atoms with Crippen molar-refractivity contribution < 1.29 is 8.82 Å². The predicted molar refractivity (Wildman–Crippen MR) is 114 cm³/mol. The lowest BCUT2D eigenvalue weighted by molar-refractivity contribution is 0.282. The lowest BCUT2D eigenvalue weighted by Crippen LogP contribution is -2.41. The largest absolute Gasteiger partial charge is 0.417 e. The average Bonchev–Trinajstić information content (AvgIpc) is 3.02. The van der Waals surface area contributed by atoms with E-state index in [4.69, 9.17) is 4.43 Å².